The van der Waals surface area contributed by atoms with Crippen LogP contribution < -0.4 is 9.47 Å². The zero-order chi connectivity index (χ0) is 19.8. The summed E-state index contributed by atoms with van der Waals surface area (Å²) in [4.78, 5) is 19.3. The Labute approximate surface area is 169 Å². The maximum absolute atomic E-state index is 12.3. The number of carbonyl (C=O) groups is 1. The number of amides is 1. The van der Waals surface area contributed by atoms with Crippen molar-refractivity contribution in [1.29, 1.82) is 0 Å². The Morgan fingerprint density at radius 2 is 1.71 bits per heavy atom. The van der Waals surface area contributed by atoms with Crippen molar-refractivity contribution in [2.24, 2.45) is 0 Å². The first-order chi connectivity index (χ1) is 13.6. The second kappa shape index (κ2) is 9.80. The molecular weight excluding hydrogens is 372 g/mol. The Morgan fingerprint density at radius 1 is 1.00 bits per heavy atom. The molecule has 5 nitrogen and oxygen atoms in total. The predicted molar refractivity (Wildman–Crippen MR) is 111 cm³/mol. The van der Waals surface area contributed by atoms with Gasteiger partial charge in [-0.15, -0.1) is 11.8 Å². The Bertz CT molecular complexity index is 884. The van der Waals surface area contributed by atoms with Crippen molar-refractivity contribution in [3.05, 3.63) is 78.5 Å². The standard InChI is InChI=1S/C22H22N2O3S/c1-24(15-17-6-12-20(28-2)13-7-17)22(25)16-26-18-8-10-19(11-9-18)27-21-5-3-4-14-23-21/h3-14H,15-16H2,1-2H3. The number of aromatic nitrogens is 1. The molecule has 0 aliphatic carbocycles. The third-order valence-electron chi connectivity index (χ3n) is 4.05. The molecule has 28 heavy (non-hydrogen) atoms. The van der Waals surface area contributed by atoms with Crippen LogP contribution in [0.3, 0.4) is 0 Å². The van der Waals surface area contributed by atoms with Gasteiger partial charge in [-0.3, -0.25) is 4.79 Å². The average Bonchev–Trinajstić information content (AvgIpc) is 2.74. The fourth-order valence-electron chi connectivity index (χ4n) is 2.48. The molecule has 0 aliphatic rings. The van der Waals surface area contributed by atoms with Crippen LogP contribution in [0, 0.1) is 0 Å². The van der Waals surface area contributed by atoms with Gasteiger partial charge in [0.15, 0.2) is 6.61 Å². The third kappa shape index (κ3) is 5.76. The van der Waals surface area contributed by atoms with Crippen LogP contribution in [-0.4, -0.2) is 35.7 Å². The first-order valence-electron chi connectivity index (χ1n) is 8.82. The van der Waals surface area contributed by atoms with Crippen molar-refractivity contribution < 1.29 is 14.3 Å². The maximum Gasteiger partial charge on any atom is 0.260 e. The summed E-state index contributed by atoms with van der Waals surface area (Å²) in [5.41, 5.74) is 1.09. The van der Waals surface area contributed by atoms with Crippen molar-refractivity contribution in [3.8, 4) is 17.4 Å². The number of ether oxygens (including phenoxy) is 2. The summed E-state index contributed by atoms with van der Waals surface area (Å²) >= 11 is 1.70. The number of hydrogen-bond donors (Lipinski definition) is 0. The van der Waals surface area contributed by atoms with E-state index < -0.39 is 0 Å². The zero-order valence-corrected chi connectivity index (χ0v) is 16.7. The monoisotopic (exact) mass is 394 g/mol. The summed E-state index contributed by atoms with van der Waals surface area (Å²) in [5.74, 6) is 1.71. The highest BCUT2D eigenvalue weighted by Crippen LogP contribution is 2.22. The Morgan fingerprint density at radius 3 is 2.36 bits per heavy atom. The molecule has 2 aromatic carbocycles. The predicted octanol–water partition coefficient (Wildman–Crippen LogP) is 4.63. The van der Waals surface area contributed by atoms with Gasteiger partial charge in [-0.1, -0.05) is 18.2 Å². The highest BCUT2D eigenvalue weighted by Gasteiger charge is 2.10. The minimum atomic E-state index is -0.0808. The van der Waals surface area contributed by atoms with E-state index in [1.54, 1.807) is 60.2 Å². The molecule has 0 spiro atoms. The fourth-order valence-corrected chi connectivity index (χ4v) is 2.89. The number of pyridine rings is 1. The molecule has 0 saturated carbocycles. The van der Waals surface area contributed by atoms with Crippen LogP contribution in [0.2, 0.25) is 0 Å². The number of likely N-dealkylation sites (N-methyl/N-ethyl adjacent to an activating group) is 1. The molecule has 1 amide bonds. The molecule has 0 fully saturated rings. The fraction of sp³-hybridized carbons (Fsp3) is 0.182. The molecule has 1 heterocycles. The van der Waals surface area contributed by atoms with E-state index in [2.05, 4.69) is 17.1 Å². The van der Waals surface area contributed by atoms with E-state index >= 15 is 0 Å². The second-order valence-electron chi connectivity index (χ2n) is 6.13. The molecule has 0 atom stereocenters. The van der Waals surface area contributed by atoms with Crippen LogP contribution in [0.1, 0.15) is 5.56 Å². The first kappa shape index (κ1) is 19.8. The van der Waals surface area contributed by atoms with Crippen LogP contribution >= 0.6 is 11.8 Å². The quantitative estimate of drug-likeness (QED) is 0.521. The van der Waals surface area contributed by atoms with Crippen molar-refractivity contribution in [2.75, 3.05) is 19.9 Å². The lowest BCUT2D eigenvalue weighted by Crippen LogP contribution is -2.30. The number of benzene rings is 2. The van der Waals surface area contributed by atoms with E-state index in [0.29, 0.717) is 23.9 Å². The summed E-state index contributed by atoms with van der Waals surface area (Å²) in [5, 5.41) is 0. The maximum atomic E-state index is 12.3. The Balaban J connectivity index is 1.48. The minimum Gasteiger partial charge on any atom is -0.484 e. The molecule has 6 heteroatoms. The lowest BCUT2D eigenvalue weighted by molar-refractivity contribution is -0.132. The van der Waals surface area contributed by atoms with E-state index in [4.69, 9.17) is 9.47 Å². The zero-order valence-electron chi connectivity index (χ0n) is 15.9. The Hall–Kier alpha value is -2.99. The molecule has 3 aromatic rings. The van der Waals surface area contributed by atoms with E-state index in [-0.39, 0.29) is 12.5 Å². The molecule has 0 saturated heterocycles. The van der Waals surface area contributed by atoms with Crippen LogP contribution in [0.25, 0.3) is 0 Å². The summed E-state index contributed by atoms with van der Waals surface area (Å²) in [7, 11) is 1.78. The van der Waals surface area contributed by atoms with Gasteiger partial charge in [0, 0.05) is 30.8 Å². The van der Waals surface area contributed by atoms with E-state index in [9.17, 15) is 4.79 Å². The van der Waals surface area contributed by atoms with E-state index in [1.165, 1.54) is 4.90 Å². The smallest absolute Gasteiger partial charge is 0.260 e. The first-order valence-corrected chi connectivity index (χ1v) is 10.0. The number of nitrogens with zero attached hydrogens (tertiary/aromatic N) is 2. The second-order valence-corrected chi connectivity index (χ2v) is 7.01. The third-order valence-corrected chi connectivity index (χ3v) is 4.79. The lowest BCUT2D eigenvalue weighted by Gasteiger charge is -2.18. The largest absolute Gasteiger partial charge is 0.484 e. The average molecular weight is 394 g/mol. The summed E-state index contributed by atoms with van der Waals surface area (Å²) in [6.07, 6.45) is 3.71. The van der Waals surface area contributed by atoms with Crippen LogP contribution in [-0.2, 0) is 11.3 Å². The van der Waals surface area contributed by atoms with Crippen LogP contribution in [0.15, 0.2) is 77.8 Å². The SMILES string of the molecule is CSc1ccc(CN(C)C(=O)COc2ccc(Oc3ccccn3)cc2)cc1. The van der Waals surface area contributed by atoms with Gasteiger partial charge in [-0.05, 0) is 54.3 Å². The molecule has 0 aliphatic heterocycles. The van der Waals surface area contributed by atoms with Gasteiger partial charge in [0.05, 0.1) is 0 Å². The molecule has 0 N–H and O–H groups in total. The van der Waals surface area contributed by atoms with E-state index in [0.717, 1.165) is 5.56 Å². The van der Waals surface area contributed by atoms with Gasteiger partial charge >= 0.3 is 0 Å². The van der Waals surface area contributed by atoms with Crippen molar-refractivity contribution >= 4 is 17.7 Å². The van der Waals surface area contributed by atoms with E-state index in [1.807, 2.05) is 30.5 Å². The number of rotatable bonds is 8. The topological polar surface area (TPSA) is 51.7 Å². The van der Waals surface area contributed by atoms with Crippen LogP contribution in [0.5, 0.6) is 17.4 Å². The van der Waals surface area contributed by atoms with Gasteiger partial charge in [0.2, 0.25) is 5.88 Å². The Kier molecular flexibility index (Phi) is 6.92. The number of hydrogen-bond acceptors (Lipinski definition) is 5. The molecule has 0 radical (unpaired) electrons. The lowest BCUT2D eigenvalue weighted by atomic mass is 10.2. The number of carbonyl (C=O) groups excluding carboxylic acids is 1. The highest BCUT2D eigenvalue weighted by molar-refractivity contribution is 7.98. The molecule has 0 bridgehead atoms. The van der Waals surface area contributed by atoms with Gasteiger partial charge in [-0.25, -0.2) is 4.98 Å². The highest BCUT2D eigenvalue weighted by atomic mass is 32.2. The normalized spacial score (nSPS) is 10.4. The molecule has 0 unspecified atom stereocenters. The summed E-state index contributed by atoms with van der Waals surface area (Å²) in [6.45, 7) is 0.535. The van der Waals surface area contributed by atoms with Gasteiger partial charge < -0.3 is 14.4 Å². The number of thioether (sulfide) groups is 1. The molecule has 3 rings (SSSR count). The molecule has 144 valence electrons. The summed E-state index contributed by atoms with van der Waals surface area (Å²) < 4.78 is 11.2. The minimum absolute atomic E-state index is 0.0140. The van der Waals surface area contributed by atoms with Gasteiger partial charge in [0.25, 0.3) is 5.91 Å². The van der Waals surface area contributed by atoms with Gasteiger partial charge in [-0.2, -0.15) is 0 Å². The van der Waals surface area contributed by atoms with Crippen LogP contribution in [0.4, 0.5) is 0 Å². The van der Waals surface area contributed by atoms with Gasteiger partial charge in [0.1, 0.15) is 11.5 Å². The summed E-state index contributed by atoms with van der Waals surface area (Å²) in [6, 6.07) is 20.8. The van der Waals surface area contributed by atoms with Crippen molar-refractivity contribution in [2.45, 2.75) is 11.4 Å². The van der Waals surface area contributed by atoms with Crippen molar-refractivity contribution in [1.82, 2.24) is 9.88 Å². The van der Waals surface area contributed by atoms with Crippen molar-refractivity contribution in [3.63, 3.8) is 0 Å². The molecule has 1 aromatic heterocycles. The molecular formula is C22H22N2O3S.